The molecular weight excluding hydrogens is 196 g/mol. The number of carbonyl (C=O) groups excluding carboxylic acids is 1. The fourth-order valence-electron chi connectivity index (χ4n) is 1.73. The third-order valence-electron chi connectivity index (χ3n) is 2.67. The molecule has 5 nitrogen and oxygen atoms in total. The van der Waals surface area contributed by atoms with Gasteiger partial charge in [-0.15, -0.1) is 0 Å². The number of hydrogen-bond acceptors (Lipinski definition) is 4. The van der Waals surface area contributed by atoms with E-state index in [1.54, 1.807) is 0 Å². The van der Waals surface area contributed by atoms with Gasteiger partial charge in [-0.3, -0.25) is 4.79 Å². The van der Waals surface area contributed by atoms with E-state index in [1.165, 1.54) is 0 Å². The molecule has 1 rings (SSSR count). The van der Waals surface area contributed by atoms with Crippen molar-refractivity contribution in [2.75, 3.05) is 39.3 Å². The minimum absolute atomic E-state index is 0.217. The zero-order valence-electron chi connectivity index (χ0n) is 8.89. The van der Waals surface area contributed by atoms with E-state index >= 15 is 0 Å². The molecule has 15 heavy (non-hydrogen) atoms. The number of hydrogen-bond donors (Lipinski definition) is 1. The molecule has 0 atom stereocenters. The minimum atomic E-state index is -0.738. The third-order valence-corrected chi connectivity index (χ3v) is 2.67. The van der Waals surface area contributed by atoms with Crippen LogP contribution in [0.2, 0.25) is 0 Å². The van der Waals surface area contributed by atoms with Crippen LogP contribution in [0.4, 0.5) is 0 Å². The van der Waals surface area contributed by atoms with Gasteiger partial charge < -0.3 is 19.7 Å². The molecule has 1 aliphatic rings. The van der Waals surface area contributed by atoms with Crippen LogP contribution in [-0.2, 0) is 9.59 Å². The molecule has 1 saturated heterocycles. The van der Waals surface area contributed by atoms with Crippen molar-refractivity contribution in [1.29, 1.82) is 0 Å². The number of carboxylic acid groups (broad SMARTS) is 1. The van der Waals surface area contributed by atoms with Crippen LogP contribution >= 0.6 is 0 Å². The van der Waals surface area contributed by atoms with Crippen molar-refractivity contribution < 1.29 is 14.7 Å². The summed E-state index contributed by atoms with van der Waals surface area (Å²) in [4.78, 5) is 25.0. The Morgan fingerprint density at radius 1 is 1.13 bits per heavy atom. The number of nitrogens with zero attached hydrogens (tertiary/aromatic N) is 2. The molecule has 1 fully saturated rings. The number of rotatable bonds is 6. The van der Waals surface area contributed by atoms with Gasteiger partial charge in [0.15, 0.2) is 0 Å². The molecule has 0 aromatic carbocycles. The predicted octanol–water partition coefficient (Wildman–Crippen LogP) is -0.332. The highest BCUT2D eigenvalue weighted by atomic mass is 16.4. The van der Waals surface area contributed by atoms with Gasteiger partial charge in [0.05, 0.1) is 6.42 Å². The lowest BCUT2D eigenvalue weighted by molar-refractivity contribution is -0.137. The Morgan fingerprint density at radius 2 is 1.67 bits per heavy atom. The second-order valence-electron chi connectivity index (χ2n) is 3.78. The number of carboxylic acids is 1. The molecule has 0 aromatic heterocycles. The summed E-state index contributed by atoms with van der Waals surface area (Å²) >= 11 is 0. The van der Waals surface area contributed by atoms with Crippen molar-refractivity contribution in [1.82, 2.24) is 9.80 Å². The molecule has 5 heteroatoms. The first kappa shape index (κ1) is 12.1. The van der Waals surface area contributed by atoms with Gasteiger partial charge in [0.25, 0.3) is 0 Å². The van der Waals surface area contributed by atoms with E-state index in [0.717, 1.165) is 39.0 Å². The standard InChI is InChI=1S/C10H18N2O3/c13-9-1-3-11-5-7-12(8-6-11)4-2-10(14)15/h9H,1-8H2,(H,14,15). The van der Waals surface area contributed by atoms with Crippen LogP contribution < -0.4 is 0 Å². The van der Waals surface area contributed by atoms with Crippen molar-refractivity contribution in [3.05, 3.63) is 0 Å². The fraction of sp³-hybridized carbons (Fsp3) is 0.800. The number of aliphatic carboxylic acids is 1. The van der Waals surface area contributed by atoms with Crippen molar-refractivity contribution in [3.8, 4) is 0 Å². The van der Waals surface area contributed by atoms with Crippen molar-refractivity contribution in [2.45, 2.75) is 12.8 Å². The summed E-state index contributed by atoms with van der Waals surface area (Å²) < 4.78 is 0. The quantitative estimate of drug-likeness (QED) is 0.613. The Balaban J connectivity index is 2.12. The van der Waals surface area contributed by atoms with Crippen LogP contribution in [0.25, 0.3) is 0 Å². The van der Waals surface area contributed by atoms with E-state index in [-0.39, 0.29) is 6.42 Å². The lowest BCUT2D eigenvalue weighted by atomic mass is 10.2. The molecule has 86 valence electrons. The summed E-state index contributed by atoms with van der Waals surface area (Å²) in [5.41, 5.74) is 0. The fourth-order valence-corrected chi connectivity index (χ4v) is 1.73. The van der Waals surface area contributed by atoms with Crippen molar-refractivity contribution >= 4 is 12.3 Å². The number of carbonyl (C=O) groups is 2. The maximum atomic E-state index is 10.4. The second-order valence-corrected chi connectivity index (χ2v) is 3.78. The molecule has 0 aromatic rings. The van der Waals surface area contributed by atoms with Crippen LogP contribution in [0.15, 0.2) is 0 Å². The molecule has 1 heterocycles. The summed E-state index contributed by atoms with van der Waals surface area (Å²) in [5.74, 6) is -0.738. The smallest absolute Gasteiger partial charge is 0.304 e. The SMILES string of the molecule is O=CCCN1CCN(CCC(=O)O)CC1. The third kappa shape index (κ3) is 4.90. The maximum Gasteiger partial charge on any atom is 0.304 e. The summed E-state index contributed by atoms with van der Waals surface area (Å²) in [6, 6.07) is 0. The van der Waals surface area contributed by atoms with E-state index < -0.39 is 5.97 Å². The van der Waals surface area contributed by atoms with Crippen LogP contribution in [-0.4, -0.2) is 66.4 Å². The summed E-state index contributed by atoms with van der Waals surface area (Å²) in [6.45, 7) is 5.16. The normalized spacial score (nSPS) is 18.9. The average Bonchev–Trinajstić information content (AvgIpc) is 2.25. The lowest BCUT2D eigenvalue weighted by Gasteiger charge is -2.34. The second kappa shape index (κ2) is 6.53. The predicted molar refractivity (Wildman–Crippen MR) is 55.8 cm³/mol. The molecule has 1 aliphatic heterocycles. The Labute approximate surface area is 89.7 Å². The zero-order chi connectivity index (χ0) is 11.1. The number of piperazine rings is 1. The van der Waals surface area contributed by atoms with Gasteiger partial charge in [0.2, 0.25) is 0 Å². The lowest BCUT2D eigenvalue weighted by Crippen LogP contribution is -2.47. The van der Waals surface area contributed by atoms with Gasteiger partial charge in [-0.05, 0) is 0 Å². The highest BCUT2D eigenvalue weighted by Gasteiger charge is 2.16. The molecule has 0 aliphatic carbocycles. The Kier molecular flexibility index (Phi) is 5.28. The first-order valence-corrected chi connectivity index (χ1v) is 5.32. The van der Waals surface area contributed by atoms with Gasteiger partial charge in [-0.2, -0.15) is 0 Å². The Bertz CT molecular complexity index is 213. The van der Waals surface area contributed by atoms with Crippen LogP contribution in [0.1, 0.15) is 12.8 Å². The van der Waals surface area contributed by atoms with E-state index in [4.69, 9.17) is 5.11 Å². The van der Waals surface area contributed by atoms with Crippen LogP contribution in [0, 0.1) is 0 Å². The van der Waals surface area contributed by atoms with Gasteiger partial charge >= 0.3 is 5.97 Å². The van der Waals surface area contributed by atoms with Crippen molar-refractivity contribution in [2.24, 2.45) is 0 Å². The molecule has 0 bridgehead atoms. The molecule has 0 amide bonds. The van der Waals surface area contributed by atoms with Crippen molar-refractivity contribution in [3.63, 3.8) is 0 Å². The van der Waals surface area contributed by atoms with E-state index in [0.29, 0.717) is 13.0 Å². The van der Waals surface area contributed by atoms with Crippen LogP contribution in [0.3, 0.4) is 0 Å². The van der Waals surface area contributed by atoms with Gasteiger partial charge in [0, 0.05) is 45.7 Å². The van der Waals surface area contributed by atoms with Gasteiger partial charge in [-0.25, -0.2) is 0 Å². The summed E-state index contributed by atoms with van der Waals surface area (Å²) in [6.07, 6.45) is 1.75. The van der Waals surface area contributed by atoms with Gasteiger partial charge in [0.1, 0.15) is 6.29 Å². The molecular formula is C10H18N2O3. The maximum absolute atomic E-state index is 10.4. The molecule has 0 unspecified atom stereocenters. The first-order valence-electron chi connectivity index (χ1n) is 5.32. The monoisotopic (exact) mass is 214 g/mol. The number of aldehydes is 1. The summed E-state index contributed by atoms with van der Waals surface area (Å²) in [5, 5.41) is 8.54. The van der Waals surface area contributed by atoms with E-state index in [1.807, 2.05) is 0 Å². The highest BCUT2D eigenvalue weighted by Crippen LogP contribution is 2.02. The van der Waals surface area contributed by atoms with E-state index in [9.17, 15) is 9.59 Å². The summed E-state index contributed by atoms with van der Waals surface area (Å²) in [7, 11) is 0. The average molecular weight is 214 g/mol. The first-order chi connectivity index (χ1) is 7.22. The highest BCUT2D eigenvalue weighted by molar-refractivity contribution is 5.66. The Morgan fingerprint density at radius 3 is 2.13 bits per heavy atom. The van der Waals surface area contributed by atoms with Crippen LogP contribution in [0.5, 0.6) is 0 Å². The minimum Gasteiger partial charge on any atom is -0.481 e. The largest absolute Gasteiger partial charge is 0.481 e. The van der Waals surface area contributed by atoms with E-state index in [2.05, 4.69) is 9.80 Å². The molecule has 1 N–H and O–H groups in total. The molecule has 0 saturated carbocycles. The Hall–Kier alpha value is -0.940. The topological polar surface area (TPSA) is 60.9 Å². The van der Waals surface area contributed by atoms with Gasteiger partial charge in [-0.1, -0.05) is 0 Å². The zero-order valence-corrected chi connectivity index (χ0v) is 8.89. The molecule has 0 spiro atoms. The molecule has 0 radical (unpaired) electrons.